The molecule has 1 fully saturated rings. The zero-order valence-corrected chi connectivity index (χ0v) is 26.0. The van der Waals surface area contributed by atoms with Gasteiger partial charge in [-0.25, -0.2) is 0 Å². The molecule has 2 heterocycles. The number of aliphatic hydroxyl groups is 1. The van der Waals surface area contributed by atoms with Crippen molar-refractivity contribution in [1.29, 1.82) is 0 Å². The number of hydrogen-bond donors (Lipinski definition) is 1. The molecule has 1 aliphatic heterocycles. The predicted molar refractivity (Wildman–Crippen MR) is 168 cm³/mol. The van der Waals surface area contributed by atoms with Crippen molar-refractivity contribution in [2.45, 2.75) is 49.2 Å². The zero-order valence-electron chi connectivity index (χ0n) is 23.6. The highest BCUT2D eigenvalue weighted by Gasteiger charge is 2.48. The van der Waals surface area contributed by atoms with E-state index in [1.165, 1.54) is 28.0 Å². The van der Waals surface area contributed by atoms with Gasteiger partial charge in [0.15, 0.2) is 4.34 Å². The van der Waals surface area contributed by atoms with Gasteiger partial charge in [0, 0.05) is 16.3 Å². The maximum Gasteiger partial charge on any atom is 0.301 e. The second kappa shape index (κ2) is 12.3. The number of rotatable bonds is 8. The number of aliphatic hydroxyl groups excluding tert-OH is 1. The first-order valence-electron chi connectivity index (χ1n) is 13.4. The van der Waals surface area contributed by atoms with Crippen molar-refractivity contribution in [2.24, 2.45) is 0 Å². The topological polar surface area (TPSA) is 92.6 Å². The van der Waals surface area contributed by atoms with Crippen LogP contribution in [0.1, 0.15) is 56.0 Å². The molecule has 0 spiro atoms. The molecule has 5 rings (SSSR count). The lowest BCUT2D eigenvalue weighted by Crippen LogP contribution is -2.29. The first kappa shape index (κ1) is 29.8. The van der Waals surface area contributed by atoms with E-state index >= 15 is 0 Å². The van der Waals surface area contributed by atoms with E-state index in [1.807, 2.05) is 55.5 Å². The molecular weight excluding hydrogens is 590 g/mol. The van der Waals surface area contributed by atoms with Gasteiger partial charge in [0.25, 0.3) is 5.78 Å². The molecule has 1 saturated heterocycles. The van der Waals surface area contributed by atoms with Crippen molar-refractivity contribution >= 4 is 57.3 Å². The highest BCUT2D eigenvalue weighted by atomic mass is 35.5. The zero-order chi connectivity index (χ0) is 30.0. The van der Waals surface area contributed by atoms with Crippen molar-refractivity contribution in [1.82, 2.24) is 10.2 Å². The minimum atomic E-state index is -0.889. The number of Topliss-reactive ketones (excluding diaryl/α,β-unsaturated/α-hetero) is 1. The van der Waals surface area contributed by atoms with Gasteiger partial charge in [0.05, 0.1) is 18.2 Å². The Hall–Kier alpha value is -3.66. The number of anilines is 1. The second-order valence-electron chi connectivity index (χ2n) is 10.7. The predicted octanol–water partition coefficient (Wildman–Crippen LogP) is 7.81. The number of thioether (sulfide) groups is 1. The number of aromatic nitrogens is 2. The Morgan fingerprint density at radius 2 is 1.71 bits per heavy atom. The molecule has 42 heavy (non-hydrogen) atoms. The molecule has 1 aliphatic rings. The highest BCUT2D eigenvalue weighted by molar-refractivity contribution is 8.00. The smallest absolute Gasteiger partial charge is 0.301 e. The third-order valence-corrected chi connectivity index (χ3v) is 9.36. The summed E-state index contributed by atoms with van der Waals surface area (Å²) in [5.41, 5.74) is 3.04. The van der Waals surface area contributed by atoms with Gasteiger partial charge in [0.1, 0.15) is 11.5 Å². The number of ketones is 1. The molecular formula is C32H30ClN3O4S2. The van der Waals surface area contributed by atoms with Crippen LogP contribution in [-0.4, -0.2) is 33.6 Å². The Morgan fingerprint density at radius 3 is 2.36 bits per heavy atom. The molecule has 10 heteroatoms. The minimum absolute atomic E-state index is 0.00635. The summed E-state index contributed by atoms with van der Waals surface area (Å²) in [6.45, 7) is 8.73. The molecule has 0 bridgehead atoms. The highest BCUT2D eigenvalue weighted by Crippen LogP contribution is 2.44. The summed E-state index contributed by atoms with van der Waals surface area (Å²) >= 11 is 8.97. The van der Waals surface area contributed by atoms with Crippen LogP contribution in [0.15, 0.2) is 82.7 Å². The van der Waals surface area contributed by atoms with Crippen LogP contribution in [0, 0.1) is 0 Å². The SMILES string of the molecule is CCOc1ccc(/C(O)=C2/C(=O)C(=O)N(c3nnc(SCc4ccccc4Cl)s3)C2c2ccc(C(C)(C)C)cc2)cc1. The quantitative estimate of drug-likeness (QED) is 0.0707. The summed E-state index contributed by atoms with van der Waals surface area (Å²) in [4.78, 5) is 28.4. The summed E-state index contributed by atoms with van der Waals surface area (Å²) < 4.78 is 6.14. The Bertz CT molecular complexity index is 1640. The maximum absolute atomic E-state index is 13.6. The molecule has 1 N–H and O–H groups in total. The van der Waals surface area contributed by atoms with E-state index in [1.54, 1.807) is 24.3 Å². The Balaban J connectivity index is 1.55. The largest absolute Gasteiger partial charge is 0.507 e. The van der Waals surface area contributed by atoms with Crippen LogP contribution >= 0.6 is 34.7 Å². The minimum Gasteiger partial charge on any atom is -0.507 e. The monoisotopic (exact) mass is 619 g/mol. The van der Waals surface area contributed by atoms with Gasteiger partial charge in [-0.2, -0.15) is 0 Å². The van der Waals surface area contributed by atoms with Crippen LogP contribution in [-0.2, 0) is 20.8 Å². The average Bonchev–Trinajstić information content (AvgIpc) is 3.54. The molecule has 1 amide bonds. The van der Waals surface area contributed by atoms with Gasteiger partial charge in [-0.05, 0) is 59.4 Å². The standard InChI is InChI=1S/C32H30ClN3O4S2/c1-5-40-23-16-12-20(13-17-23)27(37)25-26(19-10-14-22(15-11-19)32(2,3)4)36(29(39)28(25)38)30-34-35-31(42-30)41-18-21-8-6-7-9-24(21)33/h6-17,26,37H,5,18H2,1-4H3/b27-25-. The molecule has 0 saturated carbocycles. The second-order valence-corrected chi connectivity index (χ2v) is 13.3. The van der Waals surface area contributed by atoms with Crippen molar-refractivity contribution in [3.63, 3.8) is 0 Å². The van der Waals surface area contributed by atoms with E-state index in [2.05, 4.69) is 31.0 Å². The fourth-order valence-electron chi connectivity index (χ4n) is 4.65. The summed E-state index contributed by atoms with van der Waals surface area (Å²) in [5.74, 6) is -0.609. The van der Waals surface area contributed by atoms with Crippen LogP contribution in [0.3, 0.4) is 0 Å². The summed E-state index contributed by atoms with van der Waals surface area (Å²) in [5, 5.41) is 21.0. The number of amides is 1. The van der Waals surface area contributed by atoms with Gasteiger partial charge >= 0.3 is 5.91 Å². The van der Waals surface area contributed by atoms with E-state index in [0.29, 0.717) is 38.6 Å². The molecule has 0 radical (unpaired) electrons. The fraction of sp³-hybridized carbons (Fsp3) is 0.250. The Labute approximate surface area is 258 Å². The van der Waals surface area contributed by atoms with E-state index in [4.69, 9.17) is 16.3 Å². The number of benzene rings is 3. The lowest BCUT2D eigenvalue weighted by atomic mass is 9.85. The third-order valence-electron chi connectivity index (χ3n) is 6.89. The van der Waals surface area contributed by atoms with Crippen molar-refractivity contribution in [3.8, 4) is 5.75 Å². The van der Waals surface area contributed by atoms with Crippen molar-refractivity contribution < 1.29 is 19.4 Å². The summed E-state index contributed by atoms with van der Waals surface area (Å²) in [6.07, 6.45) is 0. The van der Waals surface area contributed by atoms with E-state index < -0.39 is 17.7 Å². The molecule has 4 aromatic rings. The van der Waals surface area contributed by atoms with Gasteiger partial charge < -0.3 is 9.84 Å². The van der Waals surface area contributed by atoms with Crippen LogP contribution in [0.4, 0.5) is 5.13 Å². The summed E-state index contributed by atoms with van der Waals surface area (Å²) in [7, 11) is 0. The number of hydrogen-bond acceptors (Lipinski definition) is 8. The van der Waals surface area contributed by atoms with Crippen LogP contribution in [0.5, 0.6) is 5.75 Å². The van der Waals surface area contributed by atoms with Gasteiger partial charge in [0.2, 0.25) is 5.13 Å². The molecule has 1 unspecified atom stereocenters. The Morgan fingerprint density at radius 1 is 1.02 bits per heavy atom. The Kier molecular flexibility index (Phi) is 8.73. The van der Waals surface area contributed by atoms with E-state index in [-0.39, 0.29) is 21.9 Å². The van der Waals surface area contributed by atoms with Gasteiger partial charge in [-0.3, -0.25) is 14.5 Å². The lowest BCUT2D eigenvalue weighted by molar-refractivity contribution is -0.132. The van der Waals surface area contributed by atoms with Gasteiger partial charge in [-0.1, -0.05) is 97.9 Å². The van der Waals surface area contributed by atoms with Crippen LogP contribution < -0.4 is 9.64 Å². The number of ether oxygens (including phenoxy) is 1. The number of carbonyl (C=O) groups excluding carboxylic acids is 2. The van der Waals surface area contributed by atoms with Crippen molar-refractivity contribution in [2.75, 3.05) is 11.5 Å². The third kappa shape index (κ3) is 6.09. The van der Waals surface area contributed by atoms with Crippen LogP contribution in [0.2, 0.25) is 5.02 Å². The van der Waals surface area contributed by atoms with Crippen LogP contribution in [0.25, 0.3) is 5.76 Å². The first-order valence-corrected chi connectivity index (χ1v) is 15.6. The summed E-state index contributed by atoms with van der Waals surface area (Å²) in [6, 6.07) is 21.2. The molecule has 1 atom stereocenters. The molecule has 0 aliphatic carbocycles. The van der Waals surface area contributed by atoms with Crippen molar-refractivity contribution in [3.05, 3.63) is 106 Å². The number of carbonyl (C=O) groups is 2. The maximum atomic E-state index is 13.6. The fourth-order valence-corrected chi connectivity index (χ4v) is 6.81. The van der Waals surface area contributed by atoms with E-state index in [0.717, 1.165) is 11.1 Å². The lowest BCUT2D eigenvalue weighted by Gasteiger charge is -2.24. The van der Waals surface area contributed by atoms with Gasteiger partial charge in [-0.15, -0.1) is 10.2 Å². The normalized spacial score (nSPS) is 16.7. The first-order chi connectivity index (χ1) is 20.1. The molecule has 3 aromatic carbocycles. The number of nitrogens with zero attached hydrogens (tertiary/aromatic N) is 3. The average molecular weight is 620 g/mol. The molecule has 216 valence electrons. The molecule has 7 nitrogen and oxygen atoms in total. The molecule has 1 aromatic heterocycles. The van der Waals surface area contributed by atoms with E-state index in [9.17, 15) is 14.7 Å². The number of halogens is 1.